The molecule has 0 saturated carbocycles. The summed E-state index contributed by atoms with van der Waals surface area (Å²) in [6.07, 6.45) is 0.305. The van der Waals surface area contributed by atoms with Crippen LogP contribution in [-0.4, -0.2) is 22.4 Å². The van der Waals surface area contributed by atoms with Crippen LogP contribution in [0.15, 0.2) is 29.4 Å². The Bertz CT molecular complexity index is 388. The molecule has 0 radical (unpaired) electrons. The number of benzene rings is 1. The molecule has 0 atom stereocenters. The van der Waals surface area contributed by atoms with Gasteiger partial charge >= 0.3 is 0 Å². The molecule has 5 nitrogen and oxygen atoms in total. The van der Waals surface area contributed by atoms with Gasteiger partial charge in [-0.2, -0.15) is 0 Å². The minimum atomic E-state index is -0.509. The van der Waals surface area contributed by atoms with E-state index in [1.165, 1.54) is 0 Å². The molecule has 0 bridgehead atoms. The summed E-state index contributed by atoms with van der Waals surface area (Å²) in [5.74, 6) is 0. The minimum absolute atomic E-state index is 0.158. The van der Waals surface area contributed by atoms with Crippen molar-refractivity contribution in [1.29, 1.82) is 0 Å². The molecule has 0 aliphatic heterocycles. The van der Waals surface area contributed by atoms with Crippen LogP contribution in [0.4, 0.5) is 0 Å². The van der Waals surface area contributed by atoms with Gasteiger partial charge < -0.3 is 5.21 Å². The lowest BCUT2D eigenvalue weighted by atomic mass is 10.1. The third kappa shape index (κ3) is 3.76. The first kappa shape index (κ1) is 11.2. The lowest BCUT2D eigenvalue weighted by molar-refractivity contribution is -0.463. The highest BCUT2D eigenvalue weighted by Gasteiger charge is 2.09. The average molecular weight is 208 g/mol. The Kier molecular flexibility index (Phi) is 3.79. The van der Waals surface area contributed by atoms with E-state index in [0.717, 1.165) is 11.1 Å². The molecule has 0 unspecified atom stereocenters. The standard InChI is InChI=1S/C10H12N2O3/c1-8-3-2-4-9(5-8)6-10(11-13)7-12(14)15/h2-5,13H,6-7H2,1H3/b11-10-. The summed E-state index contributed by atoms with van der Waals surface area (Å²) in [6.45, 7) is 1.51. The first-order valence-corrected chi connectivity index (χ1v) is 4.49. The summed E-state index contributed by atoms with van der Waals surface area (Å²) >= 11 is 0. The Hall–Kier alpha value is -1.91. The summed E-state index contributed by atoms with van der Waals surface area (Å²) in [4.78, 5) is 9.73. The molecular formula is C10H12N2O3. The van der Waals surface area contributed by atoms with Crippen molar-refractivity contribution in [3.05, 3.63) is 45.5 Å². The van der Waals surface area contributed by atoms with E-state index in [9.17, 15) is 10.1 Å². The molecule has 0 spiro atoms. The number of aryl methyl sites for hydroxylation is 1. The SMILES string of the molecule is Cc1cccc(C/C(C[N+](=O)[O-])=N/O)c1. The van der Waals surface area contributed by atoms with Crippen molar-refractivity contribution in [2.45, 2.75) is 13.3 Å². The third-order valence-corrected chi connectivity index (χ3v) is 1.94. The summed E-state index contributed by atoms with van der Waals surface area (Å²) in [7, 11) is 0. The summed E-state index contributed by atoms with van der Waals surface area (Å²) < 4.78 is 0. The van der Waals surface area contributed by atoms with E-state index in [1.807, 2.05) is 31.2 Å². The second-order valence-corrected chi connectivity index (χ2v) is 3.32. The van der Waals surface area contributed by atoms with E-state index in [4.69, 9.17) is 5.21 Å². The molecule has 15 heavy (non-hydrogen) atoms. The van der Waals surface area contributed by atoms with Crippen molar-refractivity contribution in [2.75, 3.05) is 6.54 Å². The van der Waals surface area contributed by atoms with Crippen molar-refractivity contribution in [2.24, 2.45) is 5.16 Å². The van der Waals surface area contributed by atoms with Crippen LogP contribution >= 0.6 is 0 Å². The van der Waals surface area contributed by atoms with Gasteiger partial charge in [-0.25, -0.2) is 0 Å². The first-order chi connectivity index (χ1) is 7.11. The molecule has 0 aliphatic rings. The second-order valence-electron chi connectivity index (χ2n) is 3.32. The Labute approximate surface area is 87.2 Å². The third-order valence-electron chi connectivity index (χ3n) is 1.94. The predicted molar refractivity (Wildman–Crippen MR) is 56.0 cm³/mol. The number of hydrogen-bond acceptors (Lipinski definition) is 4. The number of nitrogens with zero attached hydrogens (tertiary/aromatic N) is 2. The van der Waals surface area contributed by atoms with Crippen LogP contribution in [0.3, 0.4) is 0 Å². The van der Waals surface area contributed by atoms with Crippen molar-refractivity contribution in [1.82, 2.24) is 0 Å². The Morgan fingerprint density at radius 2 is 2.33 bits per heavy atom. The monoisotopic (exact) mass is 208 g/mol. The molecule has 80 valence electrons. The van der Waals surface area contributed by atoms with E-state index >= 15 is 0 Å². The van der Waals surface area contributed by atoms with E-state index in [-0.39, 0.29) is 5.71 Å². The molecular weight excluding hydrogens is 196 g/mol. The lowest BCUT2D eigenvalue weighted by Gasteiger charge is -2.01. The van der Waals surface area contributed by atoms with Crippen LogP contribution in [-0.2, 0) is 6.42 Å². The second kappa shape index (κ2) is 5.09. The van der Waals surface area contributed by atoms with Crippen molar-refractivity contribution in [3.63, 3.8) is 0 Å². The van der Waals surface area contributed by atoms with Gasteiger partial charge in [-0.05, 0) is 12.5 Å². The van der Waals surface area contributed by atoms with Crippen molar-refractivity contribution < 1.29 is 10.1 Å². The normalized spacial score (nSPS) is 11.4. The van der Waals surface area contributed by atoms with E-state index in [2.05, 4.69) is 5.16 Å². The fourth-order valence-electron chi connectivity index (χ4n) is 1.33. The van der Waals surface area contributed by atoms with Crippen LogP contribution < -0.4 is 0 Å². The molecule has 1 rings (SSSR count). The van der Waals surface area contributed by atoms with Gasteiger partial charge in [-0.1, -0.05) is 35.0 Å². The van der Waals surface area contributed by atoms with Crippen LogP contribution in [0.5, 0.6) is 0 Å². The zero-order chi connectivity index (χ0) is 11.3. The van der Waals surface area contributed by atoms with E-state index in [0.29, 0.717) is 6.42 Å². The molecule has 0 amide bonds. The first-order valence-electron chi connectivity index (χ1n) is 4.49. The maximum Gasteiger partial charge on any atom is 0.245 e. The maximum atomic E-state index is 10.2. The molecule has 0 heterocycles. The quantitative estimate of drug-likeness (QED) is 0.353. The predicted octanol–water partition coefficient (Wildman–Crippen LogP) is 1.64. The van der Waals surface area contributed by atoms with Crippen molar-refractivity contribution in [3.8, 4) is 0 Å². The number of hydrogen-bond donors (Lipinski definition) is 1. The summed E-state index contributed by atoms with van der Waals surface area (Å²) in [5.41, 5.74) is 2.14. The van der Waals surface area contributed by atoms with Gasteiger partial charge in [0.25, 0.3) is 0 Å². The fraction of sp³-hybridized carbons (Fsp3) is 0.300. The van der Waals surface area contributed by atoms with Gasteiger partial charge in [-0.3, -0.25) is 10.1 Å². The smallest absolute Gasteiger partial charge is 0.245 e. The van der Waals surface area contributed by atoms with Gasteiger partial charge in [0.15, 0.2) is 0 Å². The Morgan fingerprint density at radius 1 is 1.60 bits per heavy atom. The molecule has 0 aromatic heterocycles. The highest BCUT2D eigenvalue weighted by Crippen LogP contribution is 2.05. The lowest BCUT2D eigenvalue weighted by Crippen LogP contribution is -2.16. The number of nitro groups is 1. The van der Waals surface area contributed by atoms with Gasteiger partial charge in [0, 0.05) is 11.3 Å². The highest BCUT2D eigenvalue weighted by atomic mass is 16.6. The molecule has 1 aromatic rings. The van der Waals surface area contributed by atoms with Crippen LogP contribution in [0.1, 0.15) is 11.1 Å². The van der Waals surface area contributed by atoms with Gasteiger partial charge in [0.1, 0.15) is 5.71 Å². The van der Waals surface area contributed by atoms with Gasteiger partial charge in [0.2, 0.25) is 6.54 Å². The van der Waals surface area contributed by atoms with Crippen LogP contribution in [0.2, 0.25) is 0 Å². The highest BCUT2D eigenvalue weighted by molar-refractivity contribution is 5.87. The zero-order valence-electron chi connectivity index (χ0n) is 8.38. The molecule has 0 aliphatic carbocycles. The minimum Gasteiger partial charge on any atom is -0.411 e. The van der Waals surface area contributed by atoms with Crippen LogP contribution in [0, 0.1) is 17.0 Å². The Balaban J connectivity index is 2.71. The van der Waals surface area contributed by atoms with Gasteiger partial charge in [0.05, 0.1) is 0 Å². The zero-order valence-corrected chi connectivity index (χ0v) is 8.38. The topological polar surface area (TPSA) is 75.7 Å². The van der Waals surface area contributed by atoms with Crippen LogP contribution in [0.25, 0.3) is 0 Å². The number of oxime groups is 1. The van der Waals surface area contributed by atoms with E-state index < -0.39 is 11.5 Å². The molecule has 1 aromatic carbocycles. The fourth-order valence-corrected chi connectivity index (χ4v) is 1.33. The van der Waals surface area contributed by atoms with E-state index in [1.54, 1.807) is 0 Å². The average Bonchev–Trinajstić information content (AvgIpc) is 2.16. The summed E-state index contributed by atoms with van der Waals surface area (Å²) in [5, 5.41) is 21.8. The largest absolute Gasteiger partial charge is 0.411 e. The molecule has 5 heteroatoms. The summed E-state index contributed by atoms with van der Waals surface area (Å²) in [6, 6.07) is 7.56. The maximum absolute atomic E-state index is 10.2. The molecule has 0 fully saturated rings. The van der Waals surface area contributed by atoms with Gasteiger partial charge in [-0.15, -0.1) is 0 Å². The molecule has 1 N–H and O–H groups in total. The molecule has 0 saturated heterocycles. The number of rotatable bonds is 4. The Morgan fingerprint density at radius 3 is 2.87 bits per heavy atom. The van der Waals surface area contributed by atoms with Crippen molar-refractivity contribution >= 4 is 5.71 Å².